The Morgan fingerprint density at radius 3 is 2.78 bits per heavy atom. The second-order valence-corrected chi connectivity index (χ2v) is 3.68. The van der Waals surface area contributed by atoms with E-state index in [1.54, 1.807) is 4.90 Å². The lowest BCUT2D eigenvalue weighted by atomic mass is 10.1. The monoisotopic (exact) mass is 251 g/mol. The van der Waals surface area contributed by atoms with E-state index < -0.39 is 17.3 Å². The van der Waals surface area contributed by atoms with Gasteiger partial charge in [0.25, 0.3) is 0 Å². The van der Waals surface area contributed by atoms with Crippen molar-refractivity contribution in [3.63, 3.8) is 0 Å². The molecule has 1 aromatic carbocycles. The SMILES string of the molecule is CCN(CCC#N)c1cc(F)c(C(=O)O)cc1N. The van der Waals surface area contributed by atoms with Crippen LogP contribution in [0.3, 0.4) is 0 Å². The van der Waals surface area contributed by atoms with E-state index in [0.29, 0.717) is 18.8 Å². The topological polar surface area (TPSA) is 90.3 Å². The van der Waals surface area contributed by atoms with Gasteiger partial charge >= 0.3 is 5.97 Å². The molecule has 6 heteroatoms. The number of nitriles is 1. The van der Waals surface area contributed by atoms with Crippen LogP contribution in [0.15, 0.2) is 12.1 Å². The second-order valence-electron chi connectivity index (χ2n) is 3.68. The summed E-state index contributed by atoms with van der Waals surface area (Å²) in [5.74, 6) is -2.19. The van der Waals surface area contributed by atoms with E-state index in [-0.39, 0.29) is 12.1 Å². The number of anilines is 2. The minimum Gasteiger partial charge on any atom is -0.478 e. The third-order valence-corrected chi connectivity index (χ3v) is 2.56. The number of hydrogen-bond donors (Lipinski definition) is 2. The van der Waals surface area contributed by atoms with E-state index in [2.05, 4.69) is 0 Å². The van der Waals surface area contributed by atoms with Gasteiger partial charge in [0.15, 0.2) is 0 Å². The van der Waals surface area contributed by atoms with Gasteiger partial charge in [-0.2, -0.15) is 5.26 Å². The molecular formula is C12H14FN3O2. The van der Waals surface area contributed by atoms with Gasteiger partial charge < -0.3 is 15.7 Å². The lowest BCUT2D eigenvalue weighted by Gasteiger charge is -2.23. The lowest BCUT2D eigenvalue weighted by molar-refractivity contribution is 0.0692. The average molecular weight is 251 g/mol. The molecule has 0 saturated heterocycles. The Morgan fingerprint density at radius 2 is 2.28 bits per heavy atom. The van der Waals surface area contributed by atoms with Crippen LogP contribution in [0, 0.1) is 17.1 Å². The molecule has 0 bridgehead atoms. The largest absolute Gasteiger partial charge is 0.478 e. The van der Waals surface area contributed by atoms with E-state index in [0.717, 1.165) is 12.1 Å². The molecule has 1 rings (SSSR count). The number of benzene rings is 1. The second kappa shape index (κ2) is 5.87. The summed E-state index contributed by atoms with van der Waals surface area (Å²) in [6.07, 6.45) is 0.287. The molecule has 0 atom stereocenters. The molecule has 0 amide bonds. The number of carbonyl (C=O) groups is 1. The van der Waals surface area contributed by atoms with Crippen molar-refractivity contribution in [3.8, 4) is 6.07 Å². The lowest BCUT2D eigenvalue weighted by Crippen LogP contribution is -2.25. The maximum Gasteiger partial charge on any atom is 0.338 e. The van der Waals surface area contributed by atoms with Gasteiger partial charge in [-0.15, -0.1) is 0 Å². The van der Waals surface area contributed by atoms with Crippen molar-refractivity contribution < 1.29 is 14.3 Å². The van der Waals surface area contributed by atoms with E-state index in [1.807, 2.05) is 13.0 Å². The fourth-order valence-electron chi connectivity index (χ4n) is 1.65. The van der Waals surface area contributed by atoms with E-state index >= 15 is 0 Å². The first-order chi connectivity index (χ1) is 8.51. The number of halogens is 1. The van der Waals surface area contributed by atoms with Crippen LogP contribution in [0.25, 0.3) is 0 Å². The highest BCUT2D eigenvalue weighted by Gasteiger charge is 2.16. The van der Waals surface area contributed by atoms with Crippen LogP contribution in [-0.4, -0.2) is 24.2 Å². The van der Waals surface area contributed by atoms with E-state index in [4.69, 9.17) is 16.1 Å². The molecule has 0 radical (unpaired) electrons. The van der Waals surface area contributed by atoms with Crippen molar-refractivity contribution >= 4 is 17.3 Å². The van der Waals surface area contributed by atoms with Crippen molar-refractivity contribution in [1.29, 1.82) is 5.26 Å². The van der Waals surface area contributed by atoms with Gasteiger partial charge in [-0.25, -0.2) is 9.18 Å². The predicted octanol–water partition coefficient (Wildman–Crippen LogP) is 1.85. The summed E-state index contributed by atoms with van der Waals surface area (Å²) in [7, 11) is 0. The number of nitrogen functional groups attached to an aromatic ring is 1. The van der Waals surface area contributed by atoms with Crippen LogP contribution in [0.1, 0.15) is 23.7 Å². The Hall–Kier alpha value is -2.29. The van der Waals surface area contributed by atoms with Gasteiger partial charge in [0.1, 0.15) is 5.82 Å². The minimum absolute atomic E-state index is 0.189. The van der Waals surface area contributed by atoms with Crippen LogP contribution in [0.2, 0.25) is 0 Å². The molecule has 0 aliphatic heterocycles. The average Bonchev–Trinajstić information content (AvgIpc) is 2.33. The Morgan fingerprint density at radius 1 is 1.61 bits per heavy atom. The Labute approximate surface area is 104 Å². The Kier molecular flexibility index (Phi) is 4.49. The fourth-order valence-corrected chi connectivity index (χ4v) is 1.65. The van der Waals surface area contributed by atoms with Gasteiger partial charge in [-0.3, -0.25) is 0 Å². The van der Waals surface area contributed by atoms with Gasteiger partial charge in [-0.1, -0.05) is 0 Å². The summed E-state index contributed by atoms with van der Waals surface area (Å²) in [5, 5.41) is 17.3. The van der Waals surface area contributed by atoms with Gasteiger partial charge in [-0.05, 0) is 13.0 Å². The molecule has 0 aliphatic rings. The minimum atomic E-state index is -1.36. The van der Waals surface area contributed by atoms with Crippen LogP contribution in [0.4, 0.5) is 15.8 Å². The highest BCUT2D eigenvalue weighted by Crippen LogP contribution is 2.27. The first-order valence-corrected chi connectivity index (χ1v) is 5.45. The van der Waals surface area contributed by atoms with E-state index in [1.165, 1.54) is 0 Å². The van der Waals surface area contributed by atoms with Gasteiger partial charge in [0.05, 0.1) is 29.4 Å². The zero-order chi connectivity index (χ0) is 13.7. The molecule has 3 N–H and O–H groups in total. The number of carboxylic acids is 1. The normalized spacial score (nSPS) is 9.83. The molecule has 0 unspecified atom stereocenters. The van der Waals surface area contributed by atoms with Crippen molar-refractivity contribution in [2.24, 2.45) is 0 Å². The molecule has 96 valence electrons. The highest BCUT2D eigenvalue weighted by molar-refractivity contribution is 5.90. The van der Waals surface area contributed by atoms with Crippen LogP contribution in [0.5, 0.6) is 0 Å². The maximum atomic E-state index is 13.6. The van der Waals surface area contributed by atoms with Crippen molar-refractivity contribution in [2.75, 3.05) is 23.7 Å². The summed E-state index contributed by atoms with van der Waals surface area (Å²) in [6, 6.07) is 4.19. The Balaban J connectivity index is 3.13. The van der Waals surface area contributed by atoms with E-state index in [9.17, 15) is 9.18 Å². The number of nitrogens with zero attached hydrogens (tertiary/aromatic N) is 2. The predicted molar refractivity (Wildman–Crippen MR) is 65.9 cm³/mol. The number of hydrogen-bond acceptors (Lipinski definition) is 4. The molecule has 5 nitrogen and oxygen atoms in total. The number of nitrogens with two attached hydrogens (primary N) is 1. The first-order valence-electron chi connectivity index (χ1n) is 5.45. The third-order valence-electron chi connectivity index (χ3n) is 2.56. The Bertz CT molecular complexity index is 497. The zero-order valence-electron chi connectivity index (χ0n) is 9.98. The summed E-state index contributed by atoms with van der Waals surface area (Å²) in [4.78, 5) is 12.5. The summed E-state index contributed by atoms with van der Waals surface area (Å²) >= 11 is 0. The fraction of sp³-hybridized carbons (Fsp3) is 0.333. The molecule has 0 aromatic heterocycles. The molecule has 0 spiro atoms. The summed E-state index contributed by atoms with van der Waals surface area (Å²) in [6.45, 7) is 2.82. The molecule has 0 heterocycles. The molecule has 0 aliphatic carbocycles. The smallest absolute Gasteiger partial charge is 0.338 e. The quantitative estimate of drug-likeness (QED) is 0.779. The molecule has 0 fully saturated rings. The summed E-state index contributed by atoms with van der Waals surface area (Å²) in [5.41, 5.74) is 5.87. The molecule has 1 aromatic rings. The number of carboxylic acid groups (broad SMARTS) is 1. The number of aromatic carboxylic acids is 1. The van der Waals surface area contributed by atoms with Crippen molar-refractivity contribution in [3.05, 3.63) is 23.5 Å². The van der Waals surface area contributed by atoms with Crippen LogP contribution in [-0.2, 0) is 0 Å². The first kappa shape index (κ1) is 13.8. The molecule has 0 saturated carbocycles. The summed E-state index contributed by atoms with van der Waals surface area (Å²) < 4.78 is 13.6. The highest BCUT2D eigenvalue weighted by atomic mass is 19.1. The van der Waals surface area contributed by atoms with Crippen molar-refractivity contribution in [1.82, 2.24) is 0 Å². The van der Waals surface area contributed by atoms with Crippen molar-refractivity contribution in [2.45, 2.75) is 13.3 Å². The third kappa shape index (κ3) is 2.88. The molecular weight excluding hydrogens is 237 g/mol. The van der Waals surface area contributed by atoms with Gasteiger partial charge in [0.2, 0.25) is 0 Å². The van der Waals surface area contributed by atoms with Crippen LogP contribution < -0.4 is 10.6 Å². The number of rotatable bonds is 5. The maximum absolute atomic E-state index is 13.6. The molecule has 18 heavy (non-hydrogen) atoms. The standard InChI is InChI=1S/C12H14FN3O2/c1-2-16(5-3-4-14)11-7-9(13)8(12(17)18)6-10(11)15/h6-7H,2-3,5,15H2,1H3,(H,17,18). The van der Waals surface area contributed by atoms with Crippen LogP contribution >= 0.6 is 0 Å². The zero-order valence-corrected chi connectivity index (χ0v) is 9.98. The van der Waals surface area contributed by atoms with Gasteiger partial charge in [0, 0.05) is 19.2 Å².